The predicted octanol–water partition coefficient (Wildman–Crippen LogP) is 4.71. The zero-order valence-electron chi connectivity index (χ0n) is 19.7. The number of carbonyl (C=O) groups is 2. The molecule has 0 bridgehead atoms. The number of fused-ring (bicyclic) bond motifs is 1. The van der Waals surface area contributed by atoms with Crippen molar-refractivity contribution < 1.29 is 14.3 Å². The number of hydrogen-bond donors (Lipinski definition) is 1. The summed E-state index contributed by atoms with van der Waals surface area (Å²) in [6, 6.07) is 9.00. The molecule has 0 radical (unpaired) electrons. The molecule has 1 aliphatic heterocycles. The molecule has 1 N–H and O–H groups in total. The largest absolute Gasteiger partial charge is 0.450 e. The van der Waals surface area contributed by atoms with E-state index in [4.69, 9.17) is 4.74 Å². The van der Waals surface area contributed by atoms with E-state index in [1.54, 1.807) is 6.92 Å². The Labute approximate surface area is 181 Å². The molecule has 0 unspecified atom stereocenters. The minimum atomic E-state index is -0.453. The number of benzene rings is 1. The van der Waals surface area contributed by atoms with Crippen molar-refractivity contribution in [2.75, 3.05) is 26.2 Å². The molecule has 0 aromatic heterocycles. The number of piperidine rings is 1. The smallest absolute Gasteiger partial charge is 0.407 e. The number of ether oxygens (including phenoxy) is 1. The van der Waals surface area contributed by atoms with Crippen LogP contribution in [0.4, 0.5) is 4.79 Å². The average molecular weight is 415 g/mol. The lowest BCUT2D eigenvalue weighted by Gasteiger charge is -2.28. The van der Waals surface area contributed by atoms with Crippen LogP contribution in [0.3, 0.4) is 0 Å². The summed E-state index contributed by atoms with van der Waals surface area (Å²) in [7, 11) is 0. The normalized spacial score (nSPS) is 28.6. The highest BCUT2D eigenvalue weighted by atomic mass is 16.5. The van der Waals surface area contributed by atoms with Gasteiger partial charge in [0.15, 0.2) is 0 Å². The van der Waals surface area contributed by atoms with Gasteiger partial charge < -0.3 is 15.0 Å². The van der Waals surface area contributed by atoms with Crippen LogP contribution in [0.5, 0.6) is 0 Å². The van der Waals surface area contributed by atoms with Crippen molar-refractivity contribution >= 4 is 12.0 Å². The number of alkyl carbamates (subject to hydrolysis) is 1. The van der Waals surface area contributed by atoms with Crippen LogP contribution in [-0.2, 0) is 14.9 Å². The van der Waals surface area contributed by atoms with Gasteiger partial charge in [-0.15, -0.1) is 0 Å². The van der Waals surface area contributed by atoms with Gasteiger partial charge >= 0.3 is 6.09 Å². The van der Waals surface area contributed by atoms with Gasteiger partial charge in [-0.1, -0.05) is 65.8 Å². The molecule has 5 heteroatoms. The van der Waals surface area contributed by atoms with Gasteiger partial charge in [-0.3, -0.25) is 4.79 Å². The molecule has 4 atom stereocenters. The minimum absolute atomic E-state index is 0.103. The highest BCUT2D eigenvalue weighted by Crippen LogP contribution is 2.77. The lowest BCUT2D eigenvalue weighted by atomic mass is 9.85. The summed E-state index contributed by atoms with van der Waals surface area (Å²) in [6.45, 7) is 17.4. The molecular weight excluding hydrogens is 376 g/mol. The van der Waals surface area contributed by atoms with Crippen molar-refractivity contribution in [3.63, 3.8) is 0 Å². The Balaban J connectivity index is 1.68. The summed E-state index contributed by atoms with van der Waals surface area (Å²) in [5.74, 6) is 0.419. The molecular formula is C25H38N2O3. The first-order valence-corrected chi connectivity index (χ1v) is 11.3. The Morgan fingerprint density at radius 2 is 1.83 bits per heavy atom. The van der Waals surface area contributed by atoms with Gasteiger partial charge in [-0.05, 0) is 35.8 Å². The van der Waals surface area contributed by atoms with Crippen LogP contribution in [0.2, 0.25) is 0 Å². The Morgan fingerprint density at radius 3 is 2.37 bits per heavy atom. The quantitative estimate of drug-likeness (QED) is 0.733. The molecule has 1 saturated heterocycles. The van der Waals surface area contributed by atoms with E-state index in [2.05, 4.69) is 64.2 Å². The summed E-state index contributed by atoms with van der Waals surface area (Å²) < 4.78 is 4.92. The van der Waals surface area contributed by atoms with Gasteiger partial charge in [-0.25, -0.2) is 4.79 Å². The third-order valence-corrected chi connectivity index (χ3v) is 7.54. The fourth-order valence-electron chi connectivity index (χ4n) is 5.48. The van der Waals surface area contributed by atoms with Crippen LogP contribution in [0, 0.1) is 16.7 Å². The van der Waals surface area contributed by atoms with Crippen LogP contribution >= 0.6 is 0 Å². The molecule has 1 aliphatic carbocycles. The lowest BCUT2D eigenvalue weighted by Crippen LogP contribution is -2.42. The number of rotatable bonds is 6. The Bertz CT molecular complexity index is 797. The van der Waals surface area contributed by atoms with Gasteiger partial charge in [-0.2, -0.15) is 0 Å². The van der Waals surface area contributed by atoms with Crippen LogP contribution in [0.25, 0.3) is 0 Å². The molecule has 1 aromatic rings. The van der Waals surface area contributed by atoms with Crippen LogP contribution in [0.15, 0.2) is 24.3 Å². The maximum Gasteiger partial charge on any atom is 0.407 e. The number of carbonyl (C=O) groups excluding carboxylic acids is 2. The van der Waals surface area contributed by atoms with E-state index in [9.17, 15) is 9.59 Å². The molecule has 1 heterocycles. The molecule has 1 saturated carbocycles. The van der Waals surface area contributed by atoms with Crippen molar-refractivity contribution in [3.8, 4) is 0 Å². The van der Waals surface area contributed by atoms with Crippen molar-refractivity contribution in [1.82, 2.24) is 10.2 Å². The van der Waals surface area contributed by atoms with Gasteiger partial charge in [0.05, 0.1) is 12.5 Å². The molecule has 1 aromatic carbocycles. The number of nitrogens with one attached hydrogen (secondary N) is 1. The summed E-state index contributed by atoms with van der Waals surface area (Å²) >= 11 is 0. The predicted molar refractivity (Wildman–Crippen MR) is 119 cm³/mol. The highest BCUT2D eigenvalue weighted by molar-refractivity contribution is 5.81. The van der Waals surface area contributed by atoms with E-state index in [0.29, 0.717) is 25.5 Å². The van der Waals surface area contributed by atoms with E-state index in [1.165, 1.54) is 11.1 Å². The lowest BCUT2D eigenvalue weighted by molar-refractivity contribution is -0.135. The van der Waals surface area contributed by atoms with Gasteiger partial charge in [0.25, 0.3) is 0 Å². The number of amides is 2. The topological polar surface area (TPSA) is 58.6 Å². The van der Waals surface area contributed by atoms with Crippen molar-refractivity contribution in [2.24, 2.45) is 16.7 Å². The van der Waals surface area contributed by atoms with Crippen molar-refractivity contribution in [1.29, 1.82) is 0 Å². The summed E-state index contributed by atoms with van der Waals surface area (Å²) in [6.07, 6.45) is 0.248. The first-order valence-electron chi connectivity index (χ1n) is 11.3. The van der Waals surface area contributed by atoms with Gasteiger partial charge in [0, 0.05) is 30.5 Å². The van der Waals surface area contributed by atoms with Crippen molar-refractivity contribution in [2.45, 2.75) is 66.2 Å². The number of likely N-dealkylation sites (tertiary alicyclic amines) is 1. The fourth-order valence-corrected chi connectivity index (χ4v) is 5.48. The Hall–Kier alpha value is -2.04. The summed E-state index contributed by atoms with van der Waals surface area (Å²) in [5.41, 5.74) is 3.10. The van der Waals surface area contributed by atoms with Crippen LogP contribution in [0.1, 0.15) is 71.9 Å². The van der Waals surface area contributed by atoms with E-state index < -0.39 is 6.09 Å². The highest BCUT2D eigenvalue weighted by Gasteiger charge is 2.75. The zero-order valence-corrected chi connectivity index (χ0v) is 19.7. The molecule has 166 valence electrons. The second kappa shape index (κ2) is 7.90. The van der Waals surface area contributed by atoms with E-state index in [0.717, 1.165) is 13.1 Å². The Morgan fingerprint density at radius 1 is 1.20 bits per heavy atom. The Kier molecular flexibility index (Phi) is 5.96. The fraction of sp³-hybridized carbons (Fsp3) is 0.680. The molecule has 0 spiro atoms. The monoisotopic (exact) mass is 414 g/mol. The summed E-state index contributed by atoms with van der Waals surface area (Å²) in [5, 5.41) is 2.73. The first kappa shape index (κ1) is 22.6. The maximum absolute atomic E-state index is 13.2. The SMILES string of the molecule is CCOC(=O)NC[C@@H](CC)C(=O)N1C[C@@]2(C)[C@H](c3cccc(C(C)(C)C)c3)[C@@]2(C)C1. The second-order valence-corrected chi connectivity index (χ2v) is 10.5. The van der Waals surface area contributed by atoms with Crippen LogP contribution in [-0.4, -0.2) is 43.1 Å². The number of nitrogens with zero attached hydrogens (tertiary/aromatic N) is 1. The van der Waals surface area contributed by atoms with Gasteiger partial charge in [0.1, 0.15) is 0 Å². The molecule has 2 fully saturated rings. The number of hydrogen-bond acceptors (Lipinski definition) is 3. The first-order chi connectivity index (χ1) is 14.0. The van der Waals surface area contributed by atoms with Crippen LogP contribution < -0.4 is 5.32 Å². The molecule has 2 amide bonds. The third kappa shape index (κ3) is 3.83. The minimum Gasteiger partial charge on any atom is -0.450 e. The van der Waals surface area contributed by atoms with E-state index in [1.807, 2.05) is 11.8 Å². The standard InChI is InChI=1S/C25H38N2O3/c1-8-17(14-26-22(29)30-9-2)21(28)27-15-24(6)20(25(24,7)16-27)18-11-10-12-19(13-18)23(3,4)5/h10-13,17,20H,8-9,14-16H2,1-7H3,(H,26,29)/t17-,20-,24-,25+/m1/s1. The second-order valence-electron chi connectivity index (χ2n) is 10.5. The molecule has 2 aliphatic rings. The zero-order chi connectivity index (χ0) is 22.3. The third-order valence-electron chi connectivity index (χ3n) is 7.54. The average Bonchev–Trinajstić information content (AvgIpc) is 2.99. The molecule has 30 heavy (non-hydrogen) atoms. The maximum atomic E-state index is 13.2. The molecule has 3 rings (SSSR count). The molecule has 5 nitrogen and oxygen atoms in total. The van der Waals surface area contributed by atoms with E-state index in [-0.39, 0.29) is 28.1 Å². The van der Waals surface area contributed by atoms with Crippen molar-refractivity contribution in [3.05, 3.63) is 35.4 Å². The van der Waals surface area contributed by atoms with E-state index >= 15 is 0 Å². The van der Waals surface area contributed by atoms with Gasteiger partial charge in [0.2, 0.25) is 5.91 Å². The summed E-state index contributed by atoms with van der Waals surface area (Å²) in [4.78, 5) is 26.8.